The minimum absolute atomic E-state index is 0. The van der Waals surface area contributed by atoms with Crippen LogP contribution in [-0.4, -0.2) is 9.55 Å². The molecule has 332 valence electrons. The third-order valence-electron chi connectivity index (χ3n) is 13.0. The van der Waals surface area contributed by atoms with Crippen molar-refractivity contribution in [3.63, 3.8) is 0 Å². The second-order valence-corrected chi connectivity index (χ2v) is 20.4. The van der Waals surface area contributed by atoms with Crippen molar-refractivity contribution in [2.45, 2.75) is 52.4 Å². The predicted octanol–water partition coefficient (Wildman–Crippen LogP) is 16.8. The van der Waals surface area contributed by atoms with E-state index in [1.54, 1.807) is 0 Å². The average Bonchev–Trinajstić information content (AvgIpc) is 4.01. The van der Waals surface area contributed by atoms with E-state index in [-0.39, 0.29) is 31.9 Å². The van der Waals surface area contributed by atoms with Gasteiger partial charge in [0, 0.05) is 76.0 Å². The molecule has 0 unspecified atom stereocenters. The van der Waals surface area contributed by atoms with Gasteiger partial charge in [0.05, 0.1) is 5.52 Å². The Morgan fingerprint density at radius 3 is 1.94 bits per heavy atom. The quantitative estimate of drug-likeness (QED) is 0.123. The zero-order chi connectivity index (χ0) is 44.9. The summed E-state index contributed by atoms with van der Waals surface area (Å²) in [7, 11) is 0. The average molecular weight is 1070 g/mol. The number of hydrogen-bond acceptors (Lipinski definition) is 5. The van der Waals surface area contributed by atoms with Crippen LogP contribution < -0.4 is 14.5 Å². The molecule has 0 bridgehead atoms. The summed E-state index contributed by atoms with van der Waals surface area (Å²) in [5.74, 6) is 2.05. The van der Waals surface area contributed by atoms with E-state index in [2.05, 4.69) is 239 Å². The predicted molar refractivity (Wildman–Crippen MR) is 277 cm³/mol. The summed E-state index contributed by atoms with van der Waals surface area (Å²) in [6, 6.07) is 65.9. The number of para-hydroxylation sites is 2. The molecule has 7 heteroatoms. The Labute approximate surface area is 410 Å². The number of thiophene rings is 1. The first-order valence-corrected chi connectivity index (χ1v) is 23.4. The molecule has 0 saturated heterocycles. The molecule has 0 radical (unpaired) electrons. The van der Waals surface area contributed by atoms with Crippen molar-refractivity contribution in [2.75, 3.05) is 9.80 Å². The number of fused-ring (bicyclic) bond motifs is 11. The van der Waals surface area contributed by atoms with E-state index in [9.17, 15) is 0 Å². The van der Waals surface area contributed by atoms with Crippen LogP contribution in [0.5, 0.6) is 11.5 Å². The monoisotopic (exact) mass is 1070 g/mol. The molecule has 3 aromatic heterocycles. The summed E-state index contributed by atoms with van der Waals surface area (Å²) in [6.07, 6.45) is 1.94. The van der Waals surface area contributed by atoms with Gasteiger partial charge in [0.2, 0.25) is 0 Å². The minimum Gasteiger partial charge on any atom is -0.509 e. The summed E-state index contributed by atoms with van der Waals surface area (Å²) in [4.78, 5) is 9.58. The number of anilines is 4. The number of benzene rings is 8. The molecule has 4 heterocycles. The van der Waals surface area contributed by atoms with E-state index in [1.165, 1.54) is 47.5 Å². The minimum atomic E-state index is -0.0740. The summed E-state index contributed by atoms with van der Waals surface area (Å²) in [5, 5.41) is 7.33. The fourth-order valence-corrected chi connectivity index (χ4v) is 11.0. The number of pyridine rings is 1. The molecule has 0 amide bonds. The van der Waals surface area contributed by atoms with Crippen LogP contribution in [0.3, 0.4) is 0 Å². The molecule has 1 aliphatic rings. The topological polar surface area (TPSA) is 33.5 Å². The van der Waals surface area contributed by atoms with Gasteiger partial charge < -0.3 is 19.1 Å². The van der Waals surface area contributed by atoms with Gasteiger partial charge in [-0.15, -0.1) is 59.6 Å². The maximum Gasteiger partial charge on any atom is 0.135 e. The zero-order valence-electron chi connectivity index (χ0n) is 38.2. The van der Waals surface area contributed by atoms with Crippen molar-refractivity contribution in [3.05, 3.63) is 200 Å². The second-order valence-electron chi connectivity index (χ2n) is 19.4. The standard InChI is InChI=1S/C60H47N4OS.Pt/c1-59(2,3)40-19-16-20-42(33-40)62-37-63(52-26-15-14-25-51(52)62)43-31-39(38-17-8-7-9-18-38)32-45(35-43)65-44-27-28-50-53(36-44)64(54-34-41(29-30-61-54)60(4,5)6)56-55-48-23-12-10-21-46(48)47-22-11-13-24-49(47)57(55)66-58(50)56;/h7-34,37H,1-6H3;/q-3;. The molecule has 12 rings (SSSR count). The van der Waals surface area contributed by atoms with Crippen LogP contribution in [0.25, 0.3) is 69.7 Å². The molecule has 5 nitrogen and oxygen atoms in total. The first-order chi connectivity index (χ1) is 32.0. The normalized spacial score (nSPS) is 13.0. The van der Waals surface area contributed by atoms with E-state index in [1.807, 2.05) is 17.5 Å². The number of rotatable bonds is 6. The Morgan fingerprint density at radius 2 is 1.19 bits per heavy atom. The summed E-state index contributed by atoms with van der Waals surface area (Å²) < 4.78 is 11.8. The molecular weight excluding hydrogens is 1020 g/mol. The van der Waals surface area contributed by atoms with E-state index < -0.39 is 0 Å². The Balaban J connectivity index is 0.00000494. The molecular formula is C60H47N4OPtS-3. The number of nitrogens with zero attached hydrogens (tertiary/aromatic N) is 4. The number of ether oxygens (including phenoxy) is 1. The van der Waals surface area contributed by atoms with E-state index in [4.69, 9.17) is 9.72 Å². The van der Waals surface area contributed by atoms with Gasteiger partial charge in [-0.1, -0.05) is 156 Å². The van der Waals surface area contributed by atoms with Crippen molar-refractivity contribution in [1.82, 2.24) is 9.55 Å². The van der Waals surface area contributed by atoms with Crippen molar-refractivity contribution >= 4 is 86.8 Å². The van der Waals surface area contributed by atoms with Crippen molar-refractivity contribution in [1.29, 1.82) is 0 Å². The fourth-order valence-electron chi connectivity index (χ4n) is 9.60. The zero-order valence-corrected chi connectivity index (χ0v) is 41.3. The van der Waals surface area contributed by atoms with Gasteiger partial charge in [-0.25, -0.2) is 4.98 Å². The van der Waals surface area contributed by atoms with Crippen LogP contribution in [0, 0.1) is 18.8 Å². The smallest absolute Gasteiger partial charge is 0.135 e. The van der Waals surface area contributed by atoms with Gasteiger partial charge in [-0.2, -0.15) is 6.07 Å². The van der Waals surface area contributed by atoms with Crippen LogP contribution in [0.1, 0.15) is 52.7 Å². The van der Waals surface area contributed by atoms with Gasteiger partial charge >= 0.3 is 0 Å². The molecule has 8 aromatic carbocycles. The molecule has 67 heavy (non-hydrogen) atoms. The Morgan fingerprint density at radius 1 is 0.537 bits per heavy atom. The molecule has 0 atom stereocenters. The van der Waals surface area contributed by atoms with E-state index >= 15 is 0 Å². The van der Waals surface area contributed by atoms with E-state index in [0.29, 0.717) is 11.5 Å². The summed E-state index contributed by atoms with van der Waals surface area (Å²) in [6.45, 7) is 15.7. The third kappa shape index (κ3) is 7.29. The largest absolute Gasteiger partial charge is 0.509 e. The second kappa shape index (κ2) is 16.3. The molecule has 0 spiro atoms. The van der Waals surface area contributed by atoms with Gasteiger partial charge in [-0.05, 0) is 80.1 Å². The molecule has 0 fully saturated rings. The van der Waals surface area contributed by atoms with Crippen LogP contribution >= 0.6 is 11.3 Å². The van der Waals surface area contributed by atoms with Crippen LogP contribution in [0.4, 0.5) is 22.7 Å². The number of aromatic nitrogens is 2. The Hall–Kier alpha value is -6.72. The molecule has 1 aliphatic heterocycles. The van der Waals surface area contributed by atoms with Gasteiger partial charge in [0.1, 0.15) is 5.82 Å². The van der Waals surface area contributed by atoms with Crippen molar-refractivity contribution in [2.24, 2.45) is 0 Å². The fraction of sp³-hybridized carbons (Fsp3) is 0.133. The van der Waals surface area contributed by atoms with E-state index in [0.717, 1.165) is 56.1 Å². The number of hydrogen-bond donors (Lipinski definition) is 0. The SMILES string of the molecule is CC(C)(C)c1cccc(N2[CH-]N(c3[c-]c(Oc4[c-]c5c(cc4)c4sc6c7ccccc7c7ccccc7c6c4n5-c4cc(C(C)(C)C)ccn4)cc(-c4ccccc4)c3)c3ccccc32)c1.[Pt]. The first kappa shape index (κ1) is 42.9. The molecule has 0 aliphatic carbocycles. The summed E-state index contributed by atoms with van der Waals surface area (Å²) in [5.41, 5.74) is 10.7. The van der Waals surface area contributed by atoms with Gasteiger partial charge in [-0.3, -0.25) is 0 Å². The summed E-state index contributed by atoms with van der Waals surface area (Å²) >= 11 is 1.85. The molecule has 0 saturated carbocycles. The molecule has 11 aromatic rings. The van der Waals surface area contributed by atoms with Gasteiger partial charge in [0.15, 0.2) is 0 Å². The maximum atomic E-state index is 6.96. The Kier molecular flexibility index (Phi) is 10.4. The Bertz CT molecular complexity index is 3710. The maximum absolute atomic E-state index is 6.96. The van der Waals surface area contributed by atoms with Gasteiger partial charge in [0.25, 0.3) is 0 Å². The molecule has 0 N–H and O–H groups in total. The third-order valence-corrected chi connectivity index (χ3v) is 14.3. The first-order valence-electron chi connectivity index (χ1n) is 22.6. The van der Waals surface area contributed by atoms with Crippen LogP contribution in [0.15, 0.2) is 170 Å². The van der Waals surface area contributed by atoms with Crippen LogP contribution in [-0.2, 0) is 31.9 Å². The van der Waals surface area contributed by atoms with Crippen molar-refractivity contribution < 1.29 is 25.8 Å². The van der Waals surface area contributed by atoms with Crippen molar-refractivity contribution in [3.8, 4) is 28.4 Å². The van der Waals surface area contributed by atoms with Crippen LogP contribution in [0.2, 0.25) is 0 Å².